The summed E-state index contributed by atoms with van der Waals surface area (Å²) in [5.74, 6) is 0.887. The van der Waals surface area contributed by atoms with Crippen molar-refractivity contribution < 1.29 is 0 Å². The number of piperidine rings is 1. The molecule has 2 aromatic rings. The molecule has 26 heavy (non-hydrogen) atoms. The van der Waals surface area contributed by atoms with Gasteiger partial charge in [-0.2, -0.15) is 0 Å². The normalized spacial score (nSPS) is 18.0. The fourth-order valence-electron chi connectivity index (χ4n) is 3.24. The SMILES string of the molecule is CCNC(=NCc1nc(C)c(C)s1)NC1CCCN(c2ccccc2)C1. The average Bonchev–Trinajstić information content (AvgIpc) is 2.99. The van der Waals surface area contributed by atoms with E-state index in [4.69, 9.17) is 4.99 Å². The Labute approximate surface area is 160 Å². The van der Waals surface area contributed by atoms with E-state index in [9.17, 15) is 0 Å². The van der Waals surface area contributed by atoms with Crippen LogP contribution in [0.1, 0.15) is 35.3 Å². The number of guanidine groups is 1. The van der Waals surface area contributed by atoms with Crippen molar-refractivity contribution in [2.45, 2.75) is 46.2 Å². The van der Waals surface area contributed by atoms with Gasteiger partial charge < -0.3 is 15.5 Å². The van der Waals surface area contributed by atoms with E-state index in [-0.39, 0.29) is 0 Å². The minimum absolute atomic E-state index is 0.404. The molecular formula is C20H29N5S. The Balaban J connectivity index is 1.62. The molecule has 1 aromatic carbocycles. The first-order valence-electron chi connectivity index (χ1n) is 9.43. The molecule has 0 amide bonds. The molecule has 2 N–H and O–H groups in total. The van der Waals surface area contributed by atoms with E-state index in [0.717, 1.165) is 36.3 Å². The Morgan fingerprint density at radius 2 is 2.12 bits per heavy atom. The van der Waals surface area contributed by atoms with Gasteiger partial charge in [0.25, 0.3) is 0 Å². The largest absolute Gasteiger partial charge is 0.369 e. The molecule has 1 aliphatic heterocycles. The van der Waals surface area contributed by atoms with Crippen molar-refractivity contribution in [3.63, 3.8) is 0 Å². The maximum absolute atomic E-state index is 4.75. The van der Waals surface area contributed by atoms with Crippen molar-refractivity contribution in [3.8, 4) is 0 Å². The summed E-state index contributed by atoms with van der Waals surface area (Å²) >= 11 is 1.74. The Bertz CT molecular complexity index is 706. The summed E-state index contributed by atoms with van der Waals surface area (Å²) in [6, 6.07) is 11.1. The highest BCUT2D eigenvalue weighted by Crippen LogP contribution is 2.20. The van der Waals surface area contributed by atoms with Crippen LogP contribution in [0.2, 0.25) is 0 Å². The molecule has 0 saturated carbocycles. The lowest BCUT2D eigenvalue weighted by molar-refractivity contribution is 0.468. The first kappa shape index (κ1) is 18.7. The minimum atomic E-state index is 0.404. The molecule has 5 nitrogen and oxygen atoms in total. The second-order valence-electron chi connectivity index (χ2n) is 6.71. The second-order valence-corrected chi connectivity index (χ2v) is 8.00. The van der Waals surface area contributed by atoms with Gasteiger partial charge in [-0.05, 0) is 45.7 Å². The summed E-state index contributed by atoms with van der Waals surface area (Å²) in [5, 5.41) is 8.07. The highest BCUT2D eigenvalue weighted by Gasteiger charge is 2.20. The molecule has 1 aliphatic rings. The zero-order valence-corrected chi connectivity index (χ0v) is 16.8. The number of aliphatic imine (C=N–C) groups is 1. The van der Waals surface area contributed by atoms with Gasteiger partial charge >= 0.3 is 0 Å². The maximum Gasteiger partial charge on any atom is 0.191 e. The van der Waals surface area contributed by atoms with Crippen LogP contribution in [-0.4, -0.2) is 36.6 Å². The first-order valence-corrected chi connectivity index (χ1v) is 10.2. The van der Waals surface area contributed by atoms with E-state index in [0.29, 0.717) is 12.6 Å². The number of anilines is 1. The van der Waals surface area contributed by atoms with Crippen LogP contribution in [0.15, 0.2) is 35.3 Å². The summed E-state index contributed by atoms with van der Waals surface area (Å²) < 4.78 is 0. The Morgan fingerprint density at radius 3 is 2.81 bits per heavy atom. The van der Waals surface area contributed by atoms with Gasteiger partial charge in [0.15, 0.2) is 5.96 Å². The third-order valence-corrected chi connectivity index (χ3v) is 5.73. The summed E-state index contributed by atoms with van der Waals surface area (Å²) in [7, 11) is 0. The summed E-state index contributed by atoms with van der Waals surface area (Å²) in [5.41, 5.74) is 2.42. The fourth-order valence-corrected chi connectivity index (χ4v) is 4.09. The highest BCUT2D eigenvalue weighted by atomic mass is 32.1. The Hall–Kier alpha value is -2.08. The van der Waals surface area contributed by atoms with Crippen molar-refractivity contribution in [1.29, 1.82) is 0 Å². The summed E-state index contributed by atoms with van der Waals surface area (Å²) in [6.45, 7) is 9.89. The zero-order chi connectivity index (χ0) is 18.4. The first-order chi connectivity index (χ1) is 12.7. The molecule has 1 unspecified atom stereocenters. The summed E-state index contributed by atoms with van der Waals surface area (Å²) in [4.78, 5) is 13.1. The van der Waals surface area contributed by atoms with E-state index >= 15 is 0 Å². The van der Waals surface area contributed by atoms with Gasteiger partial charge in [0, 0.05) is 36.2 Å². The van der Waals surface area contributed by atoms with E-state index < -0.39 is 0 Å². The van der Waals surface area contributed by atoms with Crippen LogP contribution in [0.5, 0.6) is 0 Å². The smallest absolute Gasteiger partial charge is 0.191 e. The van der Waals surface area contributed by atoms with Crippen molar-refractivity contribution in [2.75, 3.05) is 24.5 Å². The maximum atomic E-state index is 4.75. The number of rotatable bonds is 5. The monoisotopic (exact) mass is 371 g/mol. The number of para-hydroxylation sites is 1. The van der Waals surface area contributed by atoms with Crippen molar-refractivity contribution >= 4 is 23.0 Å². The second kappa shape index (κ2) is 9.03. The average molecular weight is 372 g/mol. The van der Waals surface area contributed by atoms with Crippen LogP contribution in [0.25, 0.3) is 0 Å². The van der Waals surface area contributed by atoms with Gasteiger partial charge in [-0.3, -0.25) is 0 Å². The van der Waals surface area contributed by atoms with E-state index in [1.54, 1.807) is 11.3 Å². The van der Waals surface area contributed by atoms with Gasteiger partial charge in [0.2, 0.25) is 0 Å². The van der Waals surface area contributed by atoms with Crippen LogP contribution < -0.4 is 15.5 Å². The number of aromatic nitrogens is 1. The molecule has 6 heteroatoms. The molecule has 2 heterocycles. The third kappa shape index (κ3) is 4.97. The lowest BCUT2D eigenvalue weighted by atomic mass is 10.1. The predicted octanol–water partition coefficient (Wildman–Crippen LogP) is 3.48. The molecular weight excluding hydrogens is 342 g/mol. The van der Waals surface area contributed by atoms with Crippen LogP contribution in [-0.2, 0) is 6.54 Å². The number of benzene rings is 1. The van der Waals surface area contributed by atoms with Gasteiger partial charge in [-0.25, -0.2) is 9.98 Å². The van der Waals surface area contributed by atoms with Gasteiger partial charge in [0.1, 0.15) is 5.01 Å². The number of nitrogens with zero attached hydrogens (tertiary/aromatic N) is 3. The number of hydrogen-bond donors (Lipinski definition) is 2. The molecule has 0 bridgehead atoms. The number of thiazole rings is 1. The van der Waals surface area contributed by atoms with E-state index in [1.807, 2.05) is 0 Å². The van der Waals surface area contributed by atoms with E-state index in [2.05, 4.69) is 71.6 Å². The minimum Gasteiger partial charge on any atom is -0.369 e. The molecule has 1 aromatic heterocycles. The van der Waals surface area contributed by atoms with Crippen LogP contribution in [0.4, 0.5) is 5.69 Å². The lowest BCUT2D eigenvalue weighted by Gasteiger charge is -2.35. The molecule has 1 saturated heterocycles. The van der Waals surface area contributed by atoms with Gasteiger partial charge in [-0.15, -0.1) is 11.3 Å². The fraction of sp³-hybridized carbons (Fsp3) is 0.500. The van der Waals surface area contributed by atoms with Crippen LogP contribution >= 0.6 is 11.3 Å². The molecule has 1 fully saturated rings. The molecule has 0 spiro atoms. The standard InChI is InChI=1S/C20H29N5S/c1-4-21-20(22-13-19-23-15(2)16(3)26-19)24-17-9-8-12-25(14-17)18-10-6-5-7-11-18/h5-7,10-11,17H,4,8-9,12-14H2,1-3H3,(H2,21,22,24). The summed E-state index contributed by atoms with van der Waals surface area (Å²) in [6.07, 6.45) is 2.36. The van der Waals surface area contributed by atoms with Gasteiger partial charge in [0.05, 0.1) is 12.2 Å². The predicted molar refractivity (Wildman–Crippen MR) is 111 cm³/mol. The Kier molecular flexibility index (Phi) is 6.50. The van der Waals surface area contributed by atoms with Crippen LogP contribution in [0, 0.1) is 13.8 Å². The van der Waals surface area contributed by atoms with Crippen molar-refractivity contribution in [1.82, 2.24) is 15.6 Å². The molecule has 140 valence electrons. The number of nitrogens with one attached hydrogen (secondary N) is 2. The number of hydrogen-bond acceptors (Lipinski definition) is 4. The molecule has 3 rings (SSSR count). The zero-order valence-electron chi connectivity index (χ0n) is 16.0. The highest BCUT2D eigenvalue weighted by molar-refractivity contribution is 7.11. The molecule has 1 atom stereocenters. The van der Waals surface area contributed by atoms with Crippen molar-refractivity contribution in [3.05, 3.63) is 45.9 Å². The van der Waals surface area contributed by atoms with Crippen molar-refractivity contribution in [2.24, 2.45) is 4.99 Å². The lowest BCUT2D eigenvalue weighted by Crippen LogP contribution is -2.51. The molecule has 0 aliphatic carbocycles. The Morgan fingerprint density at radius 1 is 1.31 bits per heavy atom. The topological polar surface area (TPSA) is 52.6 Å². The molecule has 0 radical (unpaired) electrons. The van der Waals surface area contributed by atoms with E-state index in [1.165, 1.54) is 23.4 Å². The third-order valence-electron chi connectivity index (χ3n) is 4.67. The van der Waals surface area contributed by atoms with Gasteiger partial charge in [-0.1, -0.05) is 18.2 Å². The number of aryl methyl sites for hydroxylation is 2. The van der Waals surface area contributed by atoms with Crippen LogP contribution in [0.3, 0.4) is 0 Å². The quantitative estimate of drug-likeness (QED) is 0.624.